The Balaban J connectivity index is 1.35. The van der Waals surface area contributed by atoms with Gasteiger partial charge in [0.1, 0.15) is 11.6 Å². The highest BCUT2D eigenvalue weighted by Gasteiger charge is 2.27. The van der Waals surface area contributed by atoms with E-state index in [0.717, 1.165) is 63.3 Å². The molecule has 3 aromatic heterocycles. The van der Waals surface area contributed by atoms with Crippen molar-refractivity contribution in [3.05, 3.63) is 89.3 Å². The van der Waals surface area contributed by atoms with Crippen molar-refractivity contribution in [2.24, 2.45) is 7.05 Å². The third kappa shape index (κ3) is 4.88. The van der Waals surface area contributed by atoms with E-state index in [1.807, 2.05) is 34.9 Å². The number of hydrogen-bond donors (Lipinski definition) is 0. The molecule has 0 amide bonds. The smallest absolute Gasteiger partial charge is 0.337 e. The maximum Gasteiger partial charge on any atom is 0.337 e. The van der Waals surface area contributed by atoms with Crippen LogP contribution >= 0.6 is 0 Å². The fraction of sp³-hybridized carbons (Fsp3) is 0.281. The van der Waals surface area contributed by atoms with Gasteiger partial charge in [-0.2, -0.15) is 10.2 Å². The highest BCUT2D eigenvalue weighted by Crippen LogP contribution is 2.40. The second-order valence-electron chi connectivity index (χ2n) is 10.5. The number of fused-ring (bicyclic) bond motifs is 3. The molecule has 0 aliphatic heterocycles. The molecule has 2 aromatic carbocycles. The Bertz CT molecular complexity index is 1750. The lowest BCUT2D eigenvalue weighted by Gasteiger charge is -2.17. The number of methoxy groups -OCH3 is 2. The molecule has 3 heterocycles. The summed E-state index contributed by atoms with van der Waals surface area (Å²) >= 11 is 0. The topological polar surface area (TPSA) is 97.0 Å². The Morgan fingerprint density at radius 2 is 1.78 bits per heavy atom. The lowest BCUT2D eigenvalue weighted by Crippen LogP contribution is -2.09. The molecule has 0 saturated heterocycles. The third-order valence-corrected chi connectivity index (χ3v) is 7.58. The van der Waals surface area contributed by atoms with Crippen molar-refractivity contribution in [1.82, 2.24) is 29.5 Å². The van der Waals surface area contributed by atoms with Crippen molar-refractivity contribution in [3.63, 3.8) is 0 Å². The van der Waals surface area contributed by atoms with Gasteiger partial charge in [-0.1, -0.05) is 30.3 Å². The molecule has 5 aromatic rings. The molecule has 1 aliphatic carbocycles. The van der Waals surface area contributed by atoms with E-state index in [9.17, 15) is 4.79 Å². The average molecular weight is 549 g/mol. The first kappa shape index (κ1) is 26.4. The Morgan fingerprint density at radius 1 is 1.00 bits per heavy atom. The van der Waals surface area contributed by atoms with Gasteiger partial charge in [-0.15, -0.1) is 0 Å². The van der Waals surface area contributed by atoms with E-state index in [1.165, 1.54) is 7.11 Å². The molecule has 6 rings (SSSR count). The standard InChI is InChI=1S/C32H32N6O3/c1-19(2)38-18-25(17-34-38)20-6-8-21(9-7-20)31-29-26(36-37(31)3)13-12-24-16-33-28(35-30(24)29)15-22-10-11-23(32(39)41-5)14-27(22)40-4/h6-11,14,16-19H,12-13,15H2,1-5H3. The number of esters is 1. The van der Waals surface area contributed by atoms with Crippen LogP contribution in [0.15, 0.2) is 61.1 Å². The van der Waals surface area contributed by atoms with Crippen LogP contribution < -0.4 is 4.74 Å². The van der Waals surface area contributed by atoms with Gasteiger partial charge in [0.05, 0.1) is 43.1 Å². The zero-order valence-electron chi connectivity index (χ0n) is 23.9. The number of nitrogens with zero attached hydrogens (tertiary/aromatic N) is 6. The number of aromatic nitrogens is 6. The summed E-state index contributed by atoms with van der Waals surface area (Å²) in [6, 6.07) is 14.2. The number of aryl methyl sites for hydroxylation is 3. The van der Waals surface area contributed by atoms with Crippen LogP contribution in [0.5, 0.6) is 5.75 Å². The molecule has 0 unspecified atom stereocenters. The first-order valence-electron chi connectivity index (χ1n) is 13.7. The Morgan fingerprint density at radius 3 is 2.49 bits per heavy atom. The average Bonchev–Trinajstić information content (AvgIpc) is 3.62. The molecule has 0 atom stereocenters. The van der Waals surface area contributed by atoms with Crippen LogP contribution in [0.25, 0.3) is 33.6 Å². The molecule has 208 valence electrons. The first-order chi connectivity index (χ1) is 19.9. The molecule has 0 fully saturated rings. The van der Waals surface area contributed by atoms with E-state index >= 15 is 0 Å². The van der Waals surface area contributed by atoms with Crippen LogP contribution in [0.2, 0.25) is 0 Å². The largest absolute Gasteiger partial charge is 0.496 e. The summed E-state index contributed by atoms with van der Waals surface area (Å²) in [5.41, 5.74) is 9.79. The summed E-state index contributed by atoms with van der Waals surface area (Å²) < 4.78 is 14.4. The predicted molar refractivity (Wildman–Crippen MR) is 156 cm³/mol. The van der Waals surface area contributed by atoms with Crippen molar-refractivity contribution in [2.45, 2.75) is 39.2 Å². The molecule has 0 bridgehead atoms. The summed E-state index contributed by atoms with van der Waals surface area (Å²) in [6.07, 6.45) is 8.07. The lowest BCUT2D eigenvalue weighted by atomic mass is 9.91. The van der Waals surface area contributed by atoms with Gasteiger partial charge in [0.15, 0.2) is 0 Å². The normalized spacial score (nSPS) is 12.2. The van der Waals surface area contributed by atoms with Gasteiger partial charge in [0.25, 0.3) is 0 Å². The van der Waals surface area contributed by atoms with Gasteiger partial charge in [-0.3, -0.25) is 9.36 Å². The van der Waals surface area contributed by atoms with Gasteiger partial charge < -0.3 is 9.47 Å². The van der Waals surface area contributed by atoms with Gasteiger partial charge in [0.2, 0.25) is 0 Å². The molecule has 41 heavy (non-hydrogen) atoms. The van der Waals surface area contributed by atoms with Gasteiger partial charge in [-0.05, 0) is 49.9 Å². The van der Waals surface area contributed by atoms with Crippen molar-refractivity contribution in [3.8, 4) is 39.4 Å². The second kappa shape index (κ2) is 10.6. The molecule has 0 radical (unpaired) electrons. The maximum atomic E-state index is 12.0. The molecule has 0 saturated carbocycles. The first-order valence-corrected chi connectivity index (χ1v) is 13.7. The molecule has 0 N–H and O–H groups in total. The molecule has 9 nitrogen and oxygen atoms in total. The zero-order valence-corrected chi connectivity index (χ0v) is 23.9. The number of benzene rings is 2. The SMILES string of the molecule is COC(=O)c1ccc(Cc2ncc3c(n2)-c2c(nn(C)c2-c2ccc(-c4cnn(C(C)C)c4)cc2)CC3)c(OC)c1. The number of carbonyl (C=O) groups is 1. The number of hydrogen-bond acceptors (Lipinski definition) is 7. The Labute approximate surface area is 238 Å². The predicted octanol–water partition coefficient (Wildman–Crippen LogP) is 5.47. The van der Waals surface area contributed by atoms with E-state index in [1.54, 1.807) is 19.2 Å². The summed E-state index contributed by atoms with van der Waals surface area (Å²) in [5.74, 6) is 0.860. The van der Waals surface area contributed by atoms with E-state index < -0.39 is 5.97 Å². The van der Waals surface area contributed by atoms with E-state index in [2.05, 4.69) is 54.4 Å². The number of rotatable bonds is 7. The summed E-state index contributed by atoms with van der Waals surface area (Å²) in [7, 11) is 4.94. The van der Waals surface area contributed by atoms with Crippen molar-refractivity contribution in [2.75, 3.05) is 14.2 Å². The minimum atomic E-state index is -0.407. The quantitative estimate of drug-likeness (QED) is 0.249. The van der Waals surface area contributed by atoms with Gasteiger partial charge in [0, 0.05) is 54.2 Å². The van der Waals surface area contributed by atoms with Crippen LogP contribution in [0.1, 0.15) is 52.9 Å². The number of ether oxygens (including phenoxy) is 2. The molecule has 1 aliphatic rings. The Hall–Kier alpha value is -4.79. The third-order valence-electron chi connectivity index (χ3n) is 7.58. The molecular formula is C32H32N6O3. The van der Waals surface area contributed by atoms with Crippen LogP contribution in [-0.2, 0) is 31.0 Å². The highest BCUT2D eigenvalue weighted by molar-refractivity contribution is 5.90. The number of carbonyl (C=O) groups excluding carboxylic acids is 1. The fourth-order valence-electron chi connectivity index (χ4n) is 5.41. The van der Waals surface area contributed by atoms with Crippen LogP contribution in [0, 0.1) is 0 Å². The lowest BCUT2D eigenvalue weighted by molar-refractivity contribution is 0.0600. The highest BCUT2D eigenvalue weighted by atomic mass is 16.5. The second-order valence-corrected chi connectivity index (χ2v) is 10.5. The van der Waals surface area contributed by atoms with Gasteiger partial charge in [-0.25, -0.2) is 14.8 Å². The minimum Gasteiger partial charge on any atom is -0.496 e. The molecule has 9 heteroatoms. The summed E-state index contributed by atoms with van der Waals surface area (Å²) in [6.45, 7) is 4.24. The maximum absolute atomic E-state index is 12.0. The monoisotopic (exact) mass is 548 g/mol. The summed E-state index contributed by atoms with van der Waals surface area (Å²) in [5, 5.41) is 9.37. The van der Waals surface area contributed by atoms with E-state index in [4.69, 9.17) is 19.6 Å². The van der Waals surface area contributed by atoms with E-state index in [0.29, 0.717) is 29.6 Å². The minimum absolute atomic E-state index is 0.316. The van der Waals surface area contributed by atoms with Crippen molar-refractivity contribution in [1.29, 1.82) is 0 Å². The van der Waals surface area contributed by atoms with Crippen LogP contribution in [0.3, 0.4) is 0 Å². The van der Waals surface area contributed by atoms with Crippen LogP contribution in [-0.4, -0.2) is 49.7 Å². The van der Waals surface area contributed by atoms with Crippen molar-refractivity contribution >= 4 is 5.97 Å². The molecular weight excluding hydrogens is 516 g/mol. The molecule has 0 spiro atoms. The van der Waals surface area contributed by atoms with E-state index in [-0.39, 0.29) is 0 Å². The fourth-order valence-corrected chi connectivity index (χ4v) is 5.41. The summed E-state index contributed by atoms with van der Waals surface area (Å²) in [4.78, 5) is 21.7. The Kier molecular flexibility index (Phi) is 6.86. The zero-order chi connectivity index (χ0) is 28.7. The van der Waals surface area contributed by atoms with Crippen LogP contribution in [0.4, 0.5) is 0 Å². The van der Waals surface area contributed by atoms with Crippen molar-refractivity contribution < 1.29 is 14.3 Å². The van der Waals surface area contributed by atoms with Gasteiger partial charge >= 0.3 is 5.97 Å².